The Labute approximate surface area is 204 Å². The monoisotopic (exact) mass is 471 g/mol. The number of carbonyl (C=O) groups excluding carboxylic acids is 1. The molecule has 0 bridgehead atoms. The van der Waals surface area contributed by atoms with Crippen LogP contribution in [0, 0.1) is 5.82 Å². The van der Waals surface area contributed by atoms with Crippen LogP contribution in [0.3, 0.4) is 0 Å². The standard InChI is InChI=1S/C29H30FN3O2/c1-20(21-8-12-24(13-9-21)33-16-18-35-19-17-33)31-28(34)15-14-26-25-4-2-3-5-27(25)32-29(26)22-6-10-23(30)11-7-22/h2-13,20,32H,14-19H2,1H3,(H,31,34). The Morgan fingerprint density at radius 2 is 1.74 bits per heavy atom. The van der Waals surface area contributed by atoms with E-state index < -0.39 is 0 Å². The molecule has 180 valence electrons. The van der Waals surface area contributed by atoms with Crippen LogP contribution in [0.25, 0.3) is 22.2 Å². The Bertz CT molecular complexity index is 1290. The normalized spacial score (nSPS) is 14.7. The Hall–Kier alpha value is -3.64. The van der Waals surface area contributed by atoms with Crippen LogP contribution in [0.4, 0.5) is 10.1 Å². The summed E-state index contributed by atoms with van der Waals surface area (Å²) >= 11 is 0. The molecule has 1 unspecified atom stereocenters. The third-order valence-corrected chi connectivity index (χ3v) is 6.70. The second-order valence-electron chi connectivity index (χ2n) is 9.01. The zero-order chi connectivity index (χ0) is 24.2. The number of H-pyrrole nitrogens is 1. The molecule has 1 aliphatic rings. The number of halogens is 1. The number of hydrogen-bond acceptors (Lipinski definition) is 3. The summed E-state index contributed by atoms with van der Waals surface area (Å²) in [5.74, 6) is -0.261. The number of para-hydroxylation sites is 1. The first-order chi connectivity index (χ1) is 17.1. The van der Waals surface area contributed by atoms with E-state index in [2.05, 4.69) is 45.5 Å². The number of aromatic amines is 1. The molecule has 0 saturated carbocycles. The molecule has 1 atom stereocenters. The van der Waals surface area contributed by atoms with E-state index in [0.717, 1.165) is 59.6 Å². The van der Waals surface area contributed by atoms with Gasteiger partial charge in [0, 0.05) is 41.8 Å². The topological polar surface area (TPSA) is 57.4 Å². The highest BCUT2D eigenvalue weighted by molar-refractivity contribution is 5.91. The number of nitrogens with one attached hydrogen (secondary N) is 2. The number of nitrogens with zero attached hydrogens (tertiary/aromatic N) is 1. The fraction of sp³-hybridized carbons (Fsp3) is 0.276. The molecule has 6 heteroatoms. The van der Waals surface area contributed by atoms with E-state index in [1.54, 1.807) is 12.1 Å². The summed E-state index contributed by atoms with van der Waals surface area (Å²) in [5.41, 5.74) is 6.19. The van der Waals surface area contributed by atoms with Gasteiger partial charge in [0.2, 0.25) is 5.91 Å². The number of ether oxygens (including phenoxy) is 1. The fourth-order valence-electron chi connectivity index (χ4n) is 4.75. The van der Waals surface area contributed by atoms with Gasteiger partial charge in [-0.05, 0) is 72.5 Å². The molecule has 35 heavy (non-hydrogen) atoms. The van der Waals surface area contributed by atoms with E-state index in [1.165, 1.54) is 17.8 Å². The smallest absolute Gasteiger partial charge is 0.220 e. The number of fused-ring (bicyclic) bond motifs is 1. The average Bonchev–Trinajstić information content (AvgIpc) is 3.27. The van der Waals surface area contributed by atoms with Gasteiger partial charge in [-0.25, -0.2) is 4.39 Å². The lowest BCUT2D eigenvalue weighted by Gasteiger charge is -2.29. The van der Waals surface area contributed by atoms with Crippen molar-refractivity contribution in [2.75, 3.05) is 31.2 Å². The molecule has 1 aliphatic heterocycles. The molecular weight excluding hydrogens is 441 g/mol. The van der Waals surface area contributed by atoms with Gasteiger partial charge in [0.25, 0.3) is 0 Å². The second-order valence-corrected chi connectivity index (χ2v) is 9.01. The van der Waals surface area contributed by atoms with E-state index >= 15 is 0 Å². The minimum absolute atomic E-state index is 0.00472. The number of aryl methyl sites for hydroxylation is 1. The average molecular weight is 472 g/mol. The van der Waals surface area contributed by atoms with Gasteiger partial charge >= 0.3 is 0 Å². The molecule has 0 aliphatic carbocycles. The molecule has 5 rings (SSSR count). The molecular formula is C29H30FN3O2. The first kappa shape index (κ1) is 23.1. The van der Waals surface area contributed by atoms with Crippen LogP contribution in [0.5, 0.6) is 0 Å². The number of benzene rings is 3. The van der Waals surface area contributed by atoms with Gasteiger partial charge in [-0.15, -0.1) is 0 Å². The maximum atomic E-state index is 13.5. The van der Waals surface area contributed by atoms with Crippen LogP contribution in [-0.2, 0) is 16.0 Å². The molecule has 3 aromatic carbocycles. The van der Waals surface area contributed by atoms with Crippen molar-refractivity contribution in [3.05, 3.63) is 89.7 Å². The highest BCUT2D eigenvalue weighted by Crippen LogP contribution is 2.31. The number of anilines is 1. The third kappa shape index (κ3) is 5.23. The Kier molecular flexibility index (Phi) is 6.82. The largest absolute Gasteiger partial charge is 0.378 e. The van der Waals surface area contributed by atoms with Crippen molar-refractivity contribution in [2.45, 2.75) is 25.8 Å². The number of hydrogen-bond donors (Lipinski definition) is 2. The number of morpholine rings is 1. The van der Waals surface area contributed by atoms with Crippen molar-refractivity contribution in [3.8, 4) is 11.3 Å². The summed E-state index contributed by atoms with van der Waals surface area (Å²) in [4.78, 5) is 18.6. The maximum absolute atomic E-state index is 13.5. The van der Waals surface area contributed by atoms with Gasteiger partial charge in [-0.1, -0.05) is 30.3 Å². The lowest BCUT2D eigenvalue weighted by atomic mass is 10.0. The predicted molar refractivity (Wildman–Crippen MR) is 138 cm³/mol. The molecule has 1 aromatic heterocycles. The van der Waals surface area contributed by atoms with Gasteiger partial charge in [0.15, 0.2) is 0 Å². The number of carbonyl (C=O) groups is 1. The summed E-state index contributed by atoms with van der Waals surface area (Å²) in [5, 5.41) is 4.23. The lowest BCUT2D eigenvalue weighted by Crippen LogP contribution is -2.36. The highest BCUT2D eigenvalue weighted by Gasteiger charge is 2.17. The summed E-state index contributed by atoms with van der Waals surface area (Å²) in [6, 6.07) is 22.8. The van der Waals surface area contributed by atoms with E-state index in [1.807, 2.05) is 25.1 Å². The van der Waals surface area contributed by atoms with E-state index in [-0.39, 0.29) is 17.8 Å². The Balaban J connectivity index is 1.26. The highest BCUT2D eigenvalue weighted by atomic mass is 19.1. The van der Waals surface area contributed by atoms with Crippen LogP contribution in [0.2, 0.25) is 0 Å². The summed E-state index contributed by atoms with van der Waals surface area (Å²) in [6.07, 6.45) is 0.956. The van der Waals surface area contributed by atoms with Crippen molar-refractivity contribution < 1.29 is 13.9 Å². The molecule has 1 saturated heterocycles. The fourth-order valence-corrected chi connectivity index (χ4v) is 4.75. The first-order valence-electron chi connectivity index (χ1n) is 12.2. The second kappa shape index (κ2) is 10.3. The zero-order valence-corrected chi connectivity index (χ0v) is 19.9. The molecule has 0 spiro atoms. The summed E-state index contributed by atoms with van der Waals surface area (Å²) in [6.45, 7) is 5.33. The number of rotatable bonds is 7. The van der Waals surface area contributed by atoms with Crippen LogP contribution in [0.15, 0.2) is 72.8 Å². The van der Waals surface area contributed by atoms with Crippen molar-refractivity contribution in [2.24, 2.45) is 0 Å². The molecule has 0 radical (unpaired) electrons. The van der Waals surface area contributed by atoms with Gasteiger partial charge in [-0.2, -0.15) is 0 Å². The minimum Gasteiger partial charge on any atom is -0.378 e. The first-order valence-corrected chi connectivity index (χ1v) is 12.2. The quantitative estimate of drug-likeness (QED) is 0.368. The minimum atomic E-state index is -0.266. The van der Waals surface area contributed by atoms with Crippen molar-refractivity contribution >= 4 is 22.5 Å². The van der Waals surface area contributed by atoms with Crippen molar-refractivity contribution in [3.63, 3.8) is 0 Å². The van der Waals surface area contributed by atoms with E-state index in [0.29, 0.717) is 12.8 Å². The predicted octanol–water partition coefficient (Wildman–Crippen LogP) is 5.62. The molecule has 4 aromatic rings. The van der Waals surface area contributed by atoms with E-state index in [9.17, 15) is 9.18 Å². The molecule has 1 fully saturated rings. The third-order valence-electron chi connectivity index (χ3n) is 6.70. The maximum Gasteiger partial charge on any atom is 0.220 e. The summed E-state index contributed by atoms with van der Waals surface area (Å²) < 4.78 is 18.9. The molecule has 2 heterocycles. The molecule has 1 amide bonds. The lowest BCUT2D eigenvalue weighted by molar-refractivity contribution is -0.121. The number of aromatic nitrogens is 1. The van der Waals surface area contributed by atoms with Crippen molar-refractivity contribution in [1.82, 2.24) is 10.3 Å². The Morgan fingerprint density at radius 1 is 1.03 bits per heavy atom. The zero-order valence-electron chi connectivity index (χ0n) is 19.9. The molecule has 5 nitrogen and oxygen atoms in total. The van der Waals surface area contributed by atoms with Crippen LogP contribution < -0.4 is 10.2 Å². The summed E-state index contributed by atoms with van der Waals surface area (Å²) in [7, 11) is 0. The van der Waals surface area contributed by atoms with Crippen LogP contribution >= 0.6 is 0 Å². The van der Waals surface area contributed by atoms with E-state index in [4.69, 9.17) is 4.74 Å². The van der Waals surface area contributed by atoms with Gasteiger partial charge < -0.3 is 19.9 Å². The van der Waals surface area contributed by atoms with Crippen LogP contribution in [-0.4, -0.2) is 37.2 Å². The van der Waals surface area contributed by atoms with Crippen LogP contribution in [0.1, 0.15) is 30.5 Å². The van der Waals surface area contributed by atoms with Gasteiger partial charge in [-0.3, -0.25) is 4.79 Å². The van der Waals surface area contributed by atoms with Gasteiger partial charge in [0.05, 0.1) is 19.3 Å². The molecule has 2 N–H and O–H groups in total. The Morgan fingerprint density at radius 3 is 2.49 bits per heavy atom. The van der Waals surface area contributed by atoms with Gasteiger partial charge in [0.1, 0.15) is 5.82 Å². The van der Waals surface area contributed by atoms with Crippen molar-refractivity contribution in [1.29, 1.82) is 0 Å². The number of amides is 1. The SMILES string of the molecule is CC(NC(=O)CCc1c(-c2ccc(F)cc2)[nH]c2ccccc12)c1ccc(N2CCOCC2)cc1.